The SMILES string of the molecule is COc1ccc(C(=O)CCCc2ccc([N+](=O)[O-])cc2)cc1Cl. The summed E-state index contributed by atoms with van der Waals surface area (Å²) in [4.78, 5) is 22.3. The number of Topliss-reactive ketones (excluding diaryl/α,β-unsaturated/α-hetero) is 1. The first-order chi connectivity index (χ1) is 11.0. The van der Waals surface area contributed by atoms with Crippen LogP contribution in [0.25, 0.3) is 0 Å². The van der Waals surface area contributed by atoms with Crippen molar-refractivity contribution in [2.75, 3.05) is 7.11 Å². The number of benzene rings is 2. The van der Waals surface area contributed by atoms with Crippen molar-refractivity contribution >= 4 is 23.1 Å². The van der Waals surface area contributed by atoms with Gasteiger partial charge in [-0.1, -0.05) is 23.7 Å². The third kappa shape index (κ3) is 4.53. The molecule has 2 aromatic carbocycles. The summed E-state index contributed by atoms with van der Waals surface area (Å²) in [6.07, 6.45) is 1.74. The Morgan fingerprint density at radius 1 is 1.22 bits per heavy atom. The molecule has 120 valence electrons. The second kappa shape index (κ2) is 7.74. The predicted molar refractivity (Wildman–Crippen MR) is 88.4 cm³/mol. The average Bonchev–Trinajstić information content (AvgIpc) is 2.55. The molecule has 23 heavy (non-hydrogen) atoms. The molecule has 0 amide bonds. The number of nitro groups is 1. The maximum Gasteiger partial charge on any atom is 0.269 e. The predicted octanol–water partition coefficient (Wildman–Crippen LogP) is 4.46. The number of hydrogen-bond acceptors (Lipinski definition) is 4. The molecule has 0 aliphatic heterocycles. The van der Waals surface area contributed by atoms with Crippen LogP contribution in [0.1, 0.15) is 28.8 Å². The van der Waals surface area contributed by atoms with E-state index in [1.165, 1.54) is 19.2 Å². The van der Waals surface area contributed by atoms with Crippen LogP contribution in [0, 0.1) is 10.1 Å². The molecule has 0 saturated carbocycles. The molecule has 5 nitrogen and oxygen atoms in total. The smallest absolute Gasteiger partial charge is 0.269 e. The molecule has 0 unspecified atom stereocenters. The highest BCUT2D eigenvalue weighted by atomic mass is 35.5. The van der Waals surface area contributed by atoms with Gasteiger partial charge < -0.3 is 4.74 Å². The summed E-state index contributed by atoms with van der Waals surface area (Å²) in [6.45, 7) is 0. The van der Waals surface area contributed by atoms with Gasteiger partial charge in [0.05, 0.1) is 17.1 Å². The van der Waals surface area contributed by atoms with Gasteiger partial charge in [-0.05, 0) is 36.6 Å². The molecule has 0 N–H and O–H groups in total. The maximum absolute atomic E-state index is 12.1. The van der Waals surface area contributed by atoms with E-state index in [4.69, 9.17) is 16.3 Å². The van der Waals surface area contributed by atoms with Gasteiger partial charge in [-0.15, -0.1) is 0 Å². The van der Waals surface area contributed by atoms with Gasteiger partial charge in [-0.25, -0.2) is 0 Å². The summed E-state index contributed by atoms with van der Waals surface area (Å²) >= 11 is 6.01. The normalized spacial score (nSPS) is 10.3. The molecule has 2 aromatic rings. The Morgan fingerprint density at radius 3 is 2.48 bits per heavy atom. The Hall–Kier alpha value is -2.40. The lowest BCUT2D eigenvalue weighted by Crippen LogP contribution is -2.00. The Balaban J connectivity index is 1.89. The van der Waals surface area contributed by atoms with Gasteiger partial charge in [0.2, 0.25) is 0 Å². The first-order valence-electron chi connectivity index (χ1n) is 7.11. The number of nitrogens with zero attached hydrogens (tertiary/aromatic N) is 1. The molecular formula is C17H16ClNO4. The number of methoxy groups -OCH3 is 1. The fourth-order valence-corrected chi connectivity index (χ4v) is 2.48. The average molecular weight is 334 g/mol. The standard InChI is InChI=1S/C17H16ClNO4/c1-23-17-10-7-13(11-15(17)18)16(20)4-2-3-12-5-8-14(9-6-12)19(21)22/h5-11H,2-4H2,1H3. The van der Waals surface area contributed by atoms with Gasteiger partial charge in [0.25, 0.3) is 5.69 Å². The molecule has 0 bridgehead atoms. The summed E-state index contributed by atoms with van der Waals surface area (Å²) < 4.78 is 5.05. The first kappa shape index (κ1) is 17.0. The van der Waals surface area contributed by atoms with Crippen LogP contribution in [0.3, 0.4) is 0 Å². The van der Waals surface area contributed by atoms with Crippen molar-refractivity contribution in [3.05, 3.63) is 68.7 Å². The zero-order valence-corrected chi connectivity index (χ0v) is 13.4. The van der Waals surface area contributed by atoms with Crippen LogP contribution >= 0.6 is 11.6 Å². The fraction of sp³-hybridized carbons (Fsp3) is 0.235. The summed E-state index contributed by atoms with van der Waals surface area (Å²) in [7, 11) is 1.52. The number of carbonyl (C=O) groups excluding carboxylic acids is 1. The van der Waals surface area contributed by atoms with Crippen LogP contribution in [0.2, 0.25) is 5.02 Å². The molecule has 6 heteroatoms. The molecule has 0 radical (unpaired) electrons. The van der Waals surface area contributed by atoms with Crippen molar-refractivity contribution in [1.82, 2.24) is 0 Å². The third-order valence-corrected chi connectivity index (χ3v) is 3.79. The molecule has 0 fully saturated rings. The van der Waals surface area contributed by atoms with Gasteiger partial charge in [0.1, 0.15) is 5.75 Å². The first-order valence-corrected chi connectivity index (χ1v) is 7.49. The van der Waals surface area contributed by atoms with Crippen molar-refractivity contribution < 1.29 is 14.5 Å². The van der Waals surface area contributed by atoms with Gasteiger partial charge >= 0.3 is 0 Å². The van der Waals surface area contributed by atoms with E-state index in [0.29, 0.717) is 35.6 Å². The number of ether oxygens (including phenoxy) is 1. The monoisotopic (exact) mass is 333 g/mol. The van der Waals surface area contributed by atoms with Crippen LogP contribution in [0.5, 0.6) is 5.75 Å². The van der Waals surface area contributed by atoms with Crippen molar-refractivity contribution in [3.63, 3.8) is 0 Å². The summed E-state index contributed by atoms with van der Waals surface area (Å²) in [5.74, 6) is 0.547. The second-order valence-electron chi connectivity index (χ2n) is 5.05. The molecule has 0 heterocycles. The molecular weight excluding hydrogens is 318 g/mol. The minimum Gasteiger partial charge on any atom is -0.495 e. The van der Waals surface area contributed by atoms with Crippen molar-refractivity contribution in [3.8, 4) is 5.75 Å². The number of halogens is 1. The number of non-ortho nitro benzene ring substituents is 1. The number of hydrogen-bond donors (Lipinski definition) is 0. The van der Waals surface area contributed by atoms with Crippen molar-refractivity contribution in [1.29, 1.82) is 0 Å². The molecule has 0 spiro atoms. The van der Waals surface area contributed by atoms with Crippen LogP contribution in [0.15, 0.2) is 42.5 Å². The van der Waals surface area contributed by atoms with E-state index in [9.17, 15) is 14.9 Å². The summed E-state index contributed by atoms with van der Waals surface area (Å²) in [5.41, 5.74) is 1.59. The number of aryl methyl sites for hydroxylation is 1. The molecule has 2 rings (SSSR count). The lowest BCUT2D eigenvalue weighted by molar-refractivity contribution is -0.384. The molecule has 0 saturated heterocycles. The third-order valence-electron chi connectivity index (χ3n) is 3.49. The zero-order valence-electron chi connectivity index (χ0n) is 12.6. The number of rotatable bonds is 7. The van der Waals surface area contributed by atoms with Crippen LogP contribution in [-0.2, 0) is 6.42 Å². The minimum atomic E-state index is -0.430. The fourth-order valence-electron chi connectivity index (χ4n) is 2.22. The Kier molecular flexibility index (Phi) is 5.71. The second-order valence-corrected chi connectivity index (χ2v) is 5.46. The molecule has 0 atom stereocenters. The minimum absolute atomic E-state index is 0.0106. The largest absolute Gasteiger partial charge is 0.495 e. The van der Waals surface area contributed by atoms with Crippen LogP contribution < -0.4 is 4.74 Å². The molecule has 0 aromatic heterocycles. The highest BCUT2D eigenvalue weighted by Gasteiger charge is 2.10. The Morgan fingerprint density at radius 2 is 1.91 bits per heavy atom. The van der Waals surface area contributed by atoms with Crippen molar-refractivity contribution in [2.45, 2.75) is 19.3 Å². The van der Waals surface area contributed by atoms with E-state index in [2.05, 4.69) is 0 Å². The van der Waals surface area contributed by atoms with Gasteiger partial charge in [-0.2, -0.15) is 0 Å². The number of ketones is 1. The zero-order chi connectivity index (χ0) is 16.8. The van der Waals surface area contributed by atoms with Gasteiger partial charge in [0.15, 0.2) is 5.78 Å². The Bertz CT molecular complexity index is 713. The highest BCUT2D eigenvalue weighted by Crippen LogP contribution is 2.25. The van der Waals surface area contributed by atoms with E-state index in [0.717, 1.165) is 5.56 Å². The van der Waals surface area contributed by atoms with Gasteiger partial charge in [-0.3, -0.25) is 14.9 Å². The topological polar surface area (TPSA) is 69.4 Å². The van der Waals surface area contributed by atoms with E-state index in [1.807, 2.05) is 0 Å². The van der Waals surface area contributed by atoms with E-state index in [-0.39, 0.29) is 11.5 Å². The number of carbonyl (C=O) groups is 1. The van der Waals surface area contributed by atoms with Crippen LogP contribution in [0.4, 0.5) is 5.69 Å². The Labute approximate surface area is 139 Å². The molecule has 0 aliphatic carbocycles. The number of nitro benzene ring substituents is 1. The lowest BCUT2D eigenvalue weighted by atomic mass is 10.0. The van der Waals surface area contributed by atoms with Crippen LogP contribution in [-0.4, -0.2) is 17.8 Å². The van der Waals surface area contributed by atoms with Gasteiger partial charge in [0, 0.05) is 24.1 Å². The summed E-state index contributed by atoms with van der Waals surface area (Å²) in [6, 6.07) is 11.3. The maximum atomic E-state index is 12.1. The van der Waals surface area contributed by atoms with Crippen molar-refractivity contribution in [2.24, 2.45) is 0 Å². The highest BCUT2D eigenvalue weighted by molar-refractivity contribution is 6.32. The molecule has 0 aliphatic rings. The quantitative estimate of drug-likeness (QED) is 0.426. The summed E-state index contributed by atoms with van der Waals surface area (Å²) in [5, 5.41) is 11.0. The van der Waals surface area contributed by atoms with E-state index in [1.54, 1.807) is 30.3 Å². The van der Waals surface area contributed by atoms with E-state index < -0.39 is 4.92 Å². The lowest BCUT2D eigenvalue weighted by Gasteiger charge is -2.06. The van der Waals surface area contributed by atoms with E-state index >= 15 is 0 Å².